The van der Waals surface area contributed by atoms with E-state index in [9.17, 15) is 4.79 Å². The molecule has 1 aromatic carbocycles. The fraction of sp³-hybridized carbons (Fsp3) is 0.500. The minimum Gasteiger partial charge on any atom is -0.466 e. The fourth-order valence-corrected chi connectivity index (χ4v) is 0.588. The molecule has 0 aliphatic heterocycles. The van der Waals surface area contributed by atoms with Gasteiger partial charge < -0.3 is 14.9 Å². The van der Waals surface area contributed by atoms with E-state index < -0.39 is 0 Å². The summed E-state index contributed by atoms with van der Waals surface area (Å²) in [5.41, 5.74) is 0. The van der Waals surface area contributed by atoms with E-state index in [0.29, 0.717) is 6.61 Å². The average molecular weight is 258 g/mol. The smallest absolute Gasteiger partial charge is 0.302 e. The molecule has 18 heavy (non-hydrogen) atoms. The molecule has 0 fully saturated rings. The lowest BCUT2D eigenvalue weighted by Crippen LogP contribution is -1.95. The molecule has 0 aromatic heterocycles. The first kappa shape index (κ1) is 21.9. The molecule has 4 heteroatoms. The summed E-state index contributed by atoms with van der Waals surface area (Å²) in [6.45, 7) is 7.10. The van der Waals surface area contributed by atoms with E-state index in [2.05, 4.69) is 4.74 Å². The number of esters is 1. The summed E-state index contributed by atoms with van der Waals surface area (Å²) in [7, 11) is 1.00. The van der Waals surface area contributed by atoms with Gasteiger partial charge in [-0.25, -0.2) is 0 Å². The van der Waals surface area contributed by atoms with Gasteiger partial charge in [-0.05, 0) is 20.8 Å². The number of carbonyl (C=O) groups excluding carboxylic acids is 1. The van der Waals surface area contributed by atoms with Crippen molar-refractivity contribution in [2.24, 2.45) is 0 Å². The number of rotatable bonds is 1. The van der Waals surface area contributed by atoms with Gasteiger partial charge in [0, 0.05) is 20.1 Å². The molecule has 0 atom stereocenters. The van der Waals surface area contributed by atoms with Crippen molar-refractivity contribution in [1.29, 1.82) is 0 Å². The molecule has 0 bridgehead atoms. The summed E-state index contributed by atoms with van der Waals surface area (Å²) >= 11 is 0. The first-order valence-electron chi connectivity index (χ1n) is 5.76. The molecule has 1 rings (SSSR count). The summed E-state index contributed by atoms with van der Waals surface area (Å²) in [5.74, 6) is -0.211. The monoisotopic (exact) mass is 258 g/mol. The summed E-state index contributed by atoms with van der Waals surface area (Å²) in [5, 5.41) is 15.1. The number of aliphatic hydroxyl groups excluding tert-OH is 2. The summed E-state index contributed by atoms with van der Waals surface area (Å²) < 4.78 is 4.40. The van der Waals surface area contributed by atoms with Crippen molar-refractivity contribution in [3.8, 4) is 0 Å². The van der Waals surface area contributed by atoms with Crippen molar-refractivity contribution in [3.05, 3.63) is 36.4 Å². The van der Waals surface area contributed by atoms with Gasteiger partial charge in [0.25, 0.3) is 0 Å². The van der Waals surface area contributed by atoms with Crippen LogP contribution in [-0.2, 0) is 9.53 Å². The van der Waals surface area contributed by atoms with Crippen LogP contribution < -0.4 is 0 Å². The van der Waals surface area contributed by atoms with E-state index in [1.54, 1.807) is 20.8 Å². The summed E-state index contributed by atoms with van der Waals surface area (Å²) in [6.07, 6.45) is -0.167. The summed E-state index contributed by atoms with van der Waals surface area (Å²) in [4.78, 5) is 9.82. The molecular formula is C14H26O4. The molecule has 0 heterocycles. The van der Waals surface area contributed by atoms with Crippen LogP contribution in [0.3, 0.4) is 0 Å². The molecule has 1 aromatic rings. The molecule has 0 spiro atoms. The van der Waals surface area contributed by atoms with Crippen molar-refractivity contribution >= 4 is 5.97 Å². The zero-order valence-electron chi connectivity index (χ0n) is 12.0. The van der Waals surface area contributed by atoms with Gasteiger partial charge in [-0.15, -0.1) is 0 Å². The van der Waals surface area contributed by atoms with Crippen LogP contribution in [-0.4, -0.2) is 36.0 Å². The molecule has 0 unspecified atom stereocenters. The minimum atomic E-state index is -0.211. The number of hydrogen-bond donors (Lipinski definition) is 2. The number of carbonyl (C=O) groups is 1. The molecule has 0 amide bonds. The Bertz CT molecular complexity index is 205. The fourth-order valence-electron chi connectivity index (χ4n) is 0.588. The minimum absolute atomic E-state index is 0.167. The maximum absolute atomic E-state index is 9.82. The summed E-state index contributed by atoms with van der Waals surface area (Å²) in [6, 6.07) is 12.0. The number of aliphatic hydroxyl groups is 2. The number of hydrogen-bond acceptors (Lipinski definition) is 4. The lowest BCUT2D eigenvalue weighted by Gasteiger charge is -1.89. The first-order chi connectivity index (χ1) is 8.50. The second-order valence-corrected chi connectivity index (χ2v) is 3.17. The zero-order chi connectivity index (χ0) is 14.8. The standard InChI is InChI=1S/C6H6.C4H8O2.C3H8O.CH4O/c1-2-4-6-5-3-1;1-3-6-4(2)5;1-3(2)4;1-2/h1-6H;3H2,1-2H3;3-4H,1-2H3;2H,1H3. The van der Waals surface area contributed by atoms with Crippen LogP contribution in [0.2, 0.25) is 0 Å². The SMILES string of the molecule is CC(C)O.CCOC(C)=O.CO.c1ccccc1. The third-order valence-electron chi connectivity index (χ3n) is 1.01. The second-order valence-electron chi connectivity index (χ2n) is 3.17. The second kappa shape index (κ2) is 21.0. The van der Waals surface area contributed by atoms with Crippen molar-refractivity contribution in [3.63, 3.8) is 0 Å². The van der Waals surface area contributed by atoms with E-state index >= 15 is 0 Å². The van der Waals surface area contributed by atoms with Crippen LogP contribution in [0, 0.1) is 0 Å². The normalized spacial score (nSPS) is 7.56. The predicted molar refractivity (Wildman–Crippen MR) is 74.2 cm³/mol. The van der Waals surface area contributed by atoms with Crippen molar-refractivity contribution < 1.29 is 19.7 Å². The predicted octanol–water partition coefficient (Wildman–Crippen LogP) is 2.25. The highest BCUT2D eigenvalue weighted by atomic mass is 16.5. The molecule has 0 aliphatic carbocycles. The zero-order valence-corrected chi connectivity index (χ0v) is 12.0. The molecular weight excluding hydrogens is 232 g/mol. The van der Waals surface area contributed by atoms with Crippen LogP contribution in [0.15, 0.2) is 36.4 Å². The van der Waals surface area contributed by atoms with Crippen LogP contribution >= 0.6 is 0 Å². The maximum Gasteiger partial charge on any atom is 0.302 e. The molecule has 0 saturated carbocycles. The Kier molecular flexibility index (Phi) is 25.4. The van der Waals surface area contributed by atoms with Gasteiger partial charge in [0.05, 0.1) is 6.61 Å². The van der Waals surface area contributed by atoms with Gasteiger partial charge in [-0.3, -0.25) is 4.79 Å². The van der Waals surface area contributed by atoms with Crippen molar-refractivity contribution in [2.45, 2.75) is 33.8 Å². The van der Waals surface area contributed by atoms with E-state index in [1.807, 2.05) is 36.4 Å². The third-order valence-corrected chi connectivity index (χ3v) is 1.01. The Labute approximate surface area is 110 Å². The molecule has 0 aliphatic rings. The maximum atomic E-state index is 9.82. The third kappa shape index (κ3) is 46.7. The highest BCUT2D eigenvalue weighted by Gasteiger charge is 1.81. The van der Waals surface area contributed by atoms with Gasteiger partial charge in [0.15, 0.2) is 0 Å². The van der Waals surface area contributed by atoms with Crippen LogP contribution in [0.4, 0.5) is 0 Å². The van der Waals surface area contributed by atoms with E-state index in [-0.39, 0.29) is 12.1 Å². The highest BCUT2D eigenvalue weighted by molar-refractivity contribution is 5.65. The Morgan fingerprint density at radius 3 is 1.33 bits per heavy atom. The van der Waals surface area contributed by atoms with Gasteiger partial charge >= 0.3 is 5.97 Å². The van der Waals surface area contributed by atoms with Gasteiger partial charge in [0.1, 0.15) is 0 Å². The molecule has 106 valence electrons. The van der Waals surface area contributed by atoms with Gasteiger partial charge in [0.2, 0.25) is 0 Å². The Hall–Kier alpha value is -1.39. The molecule has 0 saturated heterocycles. The van der Waals surface area contributed by atoms with Gasteiger partial charge in [-0.2, -0.15) is 0 Å². The van der Waals surface area contributed by atoms with Crippen molar-refractivity contribution in [1.82, 2.24) is 0 Å². The Morgan fingerprint density at radius 1 is 1.06 bits per heavy atom. The Morgan fingerprint density at radius 2 is 1.28 bits per heavy atom. The highest BCUT2D eigenvalue weighted by Crippen LogP contribution is 1.79. The molecule has 4 nitrogen and oxygen atoms in total. The first-order valence-corrected chi connectivity index (χ1v) is 5.76. The largest absolute Gasteiger partial charge is 0.466 e. The molecule has 2 N–H and O–H groups in total. The topological polar surface area (TPSA) is 66.8 Å². The number of ether oxygens (including phenoxy) is 1. The van der Waals surface area contributed by atoms with Crippen LogP contribution in [0.5, 0.6) is 0 Å². The van der Waals surface area contributed by atoms with Crippen LogP contribution in [0.25, 0.3) is 0 Å². The number of benzene rings is 1. The lowest BCUT2D eigenvalue weighted by molar-refractivity contribution is -0.140. The average Bonchev–Trinajstić information content (AvgIpc) is 2.34. The molecule has 0 radical (unpaired) electrons. The lowest BCUT2D eigenvalue weighted by atomic mass is 10.4. The van der Waals surface area contributed by atoms with Crippen molar-refractivity contribution in [2.75, 3.05) is 13.7 Å². The Balaban J connectivity index is -0.000000179. The van der Waals surface area contributed by atoms with E-state index in [4.69, 9.17) is 10.2 Å². The van der Waals surface area contributed by atoms with E-state index in [1.165, 1.54) is 6.92 Å². The quantitative estimate of drug-likeness (QED) is 0.758. The van der Waals surface area contributed by atoms with E-state index in [0.717, 1.165) is 7.11 Å². The van der Waals surface area contributed by atoms with Crippen LogP contribution in [0.1, 0.15) is 27.7 Å². The van der Waals surface area contributed by atoms with Gasteiger partial charge in [-0.1, -0.05) is 36.4 Å².